The van der Waals surface area contributed by atoms with Gasteiger partial charge in [-0.2, -0.15) is 13.2 Å². The molecule has 0 rings (SSSR count). The van der Waals surface area contributed by atoms with Crippen LogP contribution in [0.2, 0.25) is 0 Å². The Kier molecular flexibility index (Phi) is 7.23. The smallest absolute Gasteiger partial charge is 0.403 e. The number of nitrogens with one attached hydrogen (secondary N) is 1. The van der Waals surface area contributed by atoms with E-state index in [0.717, 1.165) is 12.8 Å². The fourth-order valence-electron chi connectivity index (χ4n) is 1.72. The summed E-state index contributed by atoms with van der Waals surface area (Å²) >= 11 is 0. The second-order valence-corrected chi connectivity index (χ2v) is 4.23. The summed E-state index contributed by atoms with van der Waals surface area (Å²) in [6, 6.07) is 0. The zero-order valence-corrected chi connectivity index (χ0v) is 10.5. The molecular weight excluding hydrogens is 251 g/mol. The topological polar surface area (TPSA) is 69.6 Å². The van der Waals surface area contributed by atoms with Gasteiger partial charge in [-0.3, -0.25) is 4.79 Å². The molecular formula is C11H20F3NO3. The molecule has 3 N–H and O–H groups in total. The molecule has 0 fully saturated rings. The fourth-order valence-corrected chi connectivity index (χ4v) is 1.72. The number of aliphatic hydroxyl groups excluding tert-OH is 1. The lowest BCUT2D eigenvalue weighted by Gasteiger charge is -2.22. The van der Waals surface area contributed by atoms with E-state index in [1.54, 1.807) is 0 Å². The normalized spacial score (nSPS) is 15.7. The zero-order valence-electron chi connectivity index (χ0n) is 10.5. The van der Waals surface area contributed by atoms with Gasteiger partial charge in [0.05, 0.1) is 6.10 Å². The average Bonchev–Trinajstić information content (AvgIpc) is 2.23. The maximum absolute atomic E-state index is 12.3. The van der Waals surface area contributed by atoms with Crippen LogP contribution in [0.15, 0.2) is 0 Å². The van der Waals surface area contributed by atoms with Gasteiger partial charge in [-0.1, -0.05) is 26.7 Å². The Morgan fingerprint density at radius 1 is 1.22 bits per heavy atom. The highest BCUT2D eigenvalue weighted by atomic mass is 19.4. The lowest BCUT2D eigenvalue weighted by atomic mass is 9.96. The molecule has 0 radical (unpaired) electrons. The van der Waals surface area contributed by atoms with Crippen LogP contribution in [0.1, 0.15) is 26.7 Å². The highest BCUT2D eigenvalue weighted by Gasteiger charge is 2.44. The SMILES string of the molecule is CCC(CC)C(O)CNCC(C(=O)O)C(F)(F)F. The number of halogens is 3. The Balaban J connectivity index is 4.19. The molecule has 0 bridgehead atoms. The van der Waals surface area contributed by atoms with E-state index in [1.807, 2.05) is 13.8 Å². The van der Waals surface area contributed by atoms with Gasteiger partial charge in [0.25, 0.3) is 0 Å². The predicted octanol–water partition coefficient (Wildman–Crippen LogP) is 1.64. The van der Waals surface area contributed by atoms with E-state index in [0.29, 0.717) is 0 Å². The van der Waals surface area contributed by atoms with Crippen LogP contribution in [-0.4, -0.2) is 41.6 Å². The van der Waals surface area contributed by atoms with Crippen molar-refractivity contribution in [3.63, 3.8) is 0 Å². The molecule has 0 aliphatic rings. The molecule has 0 aromatic heterocycles. The summed E-state index contributed by atoms with van der Waals surface area (Å²) in [5, 5.41) is 20.5. The van der Waals surface area contributed by atoms with E-state index >= 15 is 0 Å². The molecule has 0 saturated heterocycles. The number of alkyl halides is 3. The van der Waals surface area contributed by atoms with Gasteiger partial charge in [0.1, 0.15) is 0 Å². The minimum absolute atomic E-state index is 0.00617. The first-order valence-electron chi connectivity index (χ1n) is 5.92. The molecule has 0 saturated carbocycles. The van der Waals surface area contributed by atoms with Crippen LogP contribution in [0.3, 0.4) is 0 Å². The van der Waals surface area contributed by atoms with Crippen molar-refractivity contribution in [2.75, 3.05) is 13.1 Å². The van der Waals surface area contributed by atoms with Gasteiger partial charge in [-0.15, -0.1) is 0 Å². The first kappa shape index (κ1) is 17.2. The summed E-state index contributed by atoms with van der Waals surface area (Å²) < 4.78 is 36.9. The van der Waals surface area contributed by atoms with Gasteiger partial charge in [0, 0.05) is 13.1 Å². The third-order valence-corrected chi connectivity index (χ3v) is 2.99. The summed E-state index contributed by atoms with van der Waals surface area (Å²) in [6.45, 7) is 3.00. The van der Waals surface area contributed by atoms with Gasteiger partial charge in [-0.05, 0) is 5.92 Å². The van der Waals surface area contributed by atoms with Crippen molar-refractivity contribution in [3.05, 3.63) is 0 Å². The molecule has 4 nitrogen and oxygen atoms in total. The number of hydrogen-bond acceptors (Lipinski definition) is 3. The van der Waals surface area contributed by atoms with Gasteiger partial charge in [-0.25, -0.2) is 0 Å². The van der Waals surface area contributed by atoms with Gasteiger partial charge >= 0.3 is 12.1 Å². The zero-order chi connectivity index (χ0) is 14.3. The van der Waals surface area contributed by atoms with Crippen molar-refractivity contribution in [1.29, 1.82) is 0 Å². The Morgan fingerprint density at radius 2 is 1.72 bits per heavy atom. The number of carboxylic acid groups (broad SMARTS) is 1. The molecule has 7 heteroatoms. The third-order valence-electron chi connectivity index (χ3n) is 2.99. The predicted molar refractivity (Wildman–Crippen MR) is 60.1 cm³/mol. The number of carboxylic acids is 1. The Hall–Kier alpha value is -0.820. The van der Waals surface area contributed by atoms with E-state index in [4.69, 9.17) is 5.11 Å². The first-order chi connectivity index (χ1) is 8.23. The largest absolute Gasteiger partial charge is 0.481 e. The summed E-state index contributed by atoms with van der Waals surface area (Å²) in [4.78, 5) is 10.4. The van der Waals surface area contributed by atoms with E-state index in [1.165, 1.54) is 0 Å². The highest BCUT2D eigenvalue weighted by Crippen LogP contribution is 2.25. The minimum Gasteiger partial charge on any atom is -0.481 e. The average molecular weight is 271 g/mol. The van der Waals surface area contributed by atoms with Crippen LogP contribution in [0.4, 0.5) is 13.2 Å². The Labute approximate surface area is 104 Å². The number of aliphatic hydroxyl groups is 1. The van der Waals surface area contributed by atoms with Crippen LogP contribution >= 0.6 is 0 Å². The molecule has 2 atom stereocenters. The monoisotopic (exact) mass is 271 g/mol. The van der Waals surface area contributed by atoms with Gasteiger partial charge < -0.3 is 15.5 Å². The van der Waals surface area contributed by atoms with Crippen molar-refractivity contribution in [2.24, 2.45) is 11.8 Å². The fraction of sp³-hybridized carbons (Fsp3) is 0.909. The second-order valence-electron chi connectivity index (χ2n) is 4.23. The molecule has 0 aliphatic heterocycles. The number of rotatable bonds is 8. The van der Waals surface area contributed by atoms with Crippen LogP contribution in [-0.2, 0) is 4.79 Å². The lowest BCUT2D eigenvalue weighted by Crippen LogP contribution is -2.42. The minimum atomic E-state index is -4.78. The molecule has 0 spiro atoms. The number of carbonyl (C=O) groups is 1. The summed E-state index contributed by atoms with van der Waals surface area (Å²) in [5.41, 5.74) is 0. The molecule has 0 aliphatic carbocycles. The van der Waals surface area contributed by atoms with Crippen molar-refractivity contribution < 1.29 is 28.2 Å². The van der Waals surface area contributed by atoms with Crippen molar-refractivity contribution in [1.82, 2.24) is 5.32 Å². The first-order valence-corrected chi connectivity index (χ1v) is 5.92. The standard InChI is InChI=1S/C11H20F3NO3/c1-3-7(4-2)9(16)6-15-5-8(10(17)18)11(12,13)14/h7-9,15-16H,3-6H2,1-2H3,(H,17,18). The van der Waals surface area contributed by atoms with Crippen LogP contribution in [0.25, 0.3) is 0 Å². The van der Waals surface area contributed by atoms with Crippen molar-refractivity contribution in [3.8, 4) is 0 Å². The number of aliphatic carboxylic acids is 1. The molecule has 2 unspecified atom stereocenters. The summed E-state index contributed by atoms with van der Waals surface area (Å²) in [7, 11) is 0. The summed E-state index contributed by atoms with van der Waals surface area (Å²) in [6.07, 6.45) is -4.09. The molecule has 0 aromatic carbocycles. The molecule has 0 aromatic rings. The quantitative estimate of drug-likeness (QED) is 0.627. The molecule has 0 amide bonds. The maximum Gasteiger partial charge on any atom is 0.403 e. The van der Waals surface area contributed by atoms with E-state index in [-0.39, 0.29) is 12.5 Å². The van der Waals surface area contributed by atoms with Gasteiger partial charge in [0.15, 0.2) is 5.92 Å². The molecule has 0 heterocycles. The molecule has 108 valence electrons. The van der Waals surface area contributed by atoms with Crippen LogP contribution in [0, 0.1) is 11.8 Å². The van der Waals surface area contributed by atoms with Crippen molar-refractivity contribution >= 4 is 5.97 Å². The van der Waals surface area contributed by atoms with Crippen LogP contribution < -0.4 is 5.32 Å². The second kappa shape index (κ2) is 7.58. The highest BCUT2D eigenvalue weighted by molar-refractivity contribution is 5.71. The van der Waals surface area contributed by atoms with Crippen LogP contribution in [0.5, 0.6) is 0 Å². The number of hydrogen-bond donors (Lipinski definition) is 3. The molecule has 18 heavy (non-hydrogen) atoms. The van der Waals surface area contributed by atoms with E-state index in [9.17, 15) is 23.1 Å². The lowest BCUT2D eigenvalue weighted by molar-refractivity contribution is -0.192. The Bertz CT molecular complexity index is 254. The van der Waals surface area contributed by atoms with E-state index < -0.39 is 30.7 Å². The Morgan fingerprint density at radius 3 is 2.06 bits per heavy atom. The van der Waals surface area contributed by atoms with Gasteiger partial charge in [0.2, 0.25) is 0 Å². The maximum atomic E-state index is 12.3. The third kappa shape index (κ3) is 5.68. The summed E-state index contributed by atoms with van der Waals surface area (Å²) in [5.74, 6) is -4.34. The van der Waals surface area contributed by atoms with Crippen molar-refractivity contribution in [2.45, 2.75) is 39.0 Å². The van der Waals surface area contributed by atoms with E-state index in [2.05, 4.69) is 5.32 Å².